The summed E-state index contributed by atoms with van der Waals surface area (Å²) < 4.78 is 18.2. The van der Waals surface area contributed by atoms with Crippen molar-refractivity contribution < 1.29 is 9.13 Å². The summed E-state index contributed by atoms with van der Waals surface area (Å²) in [6, 6.07) is 6.80. The molecule has 0 aliphatic carbocycles. The van der Waals surface area contributed by atoms with E-state index in [0.717, 1.165) is 18.4 Å². The van der Waals surface area contributed by atoms with Crippen molar-refractivity contribution in [3.05, 3.63) is 52.0 Å². The molecule has 2 nitrogen and oxygen atoms in total. The van der Waals surface area contributed by atoms with Gasteiger partial charge in [0, 0.05) is 6.04 Å². The fourth-order valence-electron chi connectivity index (χ4n) is 1.83. The topological polar surface area (TPSA) is 35.2 Å². The predicted molar refractivity (Wildman–Crippen MR) is 72.5 cm³/mol. The van der Waals surface area contributed by atoms with Crippen molar-refractivity contribution in [2.45, 2.75) is 18.9 Å². The average Bonchev–Trinajstić information content (AvgIpc) is 2.89. The molecule has 18 heavy (non-hydrogen) atoms. The minimum absolute atomic E-state index is 0.0978. The van der Waals surface area contributed by atoms with E-state index in [1.807, 2.05) is 0 Å². The molecule has 4 heteroatoms. The SMILES string of the molecule is COc1cc(C(N)CCc2ccsc2)ccc1F. The van der Waals surface area contributed by atoms with Gasteiger partial charge in [-0.2, -0.15) is 11.3 Å². The van der Waals surface area contributed by atoms with Crippen molar-refractivity contribution in [1.29, 1.82) is 0 Å². The number of benzene rings is 1. The lowest BCUT2D eigenvalue weighted by atomic mass is 10.0. The number of rotatable bonds is 5. The summed E-state index contributed by atoms with van der Waals surface area (Å²) >= 11 is 1.68. The Morgan fingerprint density at radius 2 is 2.22 bits per heavy atom. The molecule has 0 aliphatic rings. The number of ether oxygens (including phenoxy) is 1. The Kier molecular flexibility index (Phi) is 4.33. The van der Waals surface area contributed by atoms with E-state index in [4.69, 9.17) is 10.5 Å². The standard InChI is InChI=1S/C14H16FNOS/c1-17-14-8-11(3-4-12(14)15)13(16)5-2-10-6-7-18-9-10/h3-4,6-9,13H,2,5,16H2,1H3. The molecule has 0 radical (unpaired) electrons. The molecule has 1 unspecified atom stereocenters. The van der Waals surface area contributed by atoms with Gasteiger partial charge < -0.3 is 10.5 Å². The Balaban J connectivity index is 2.02. The highest BCUT2D eigenvalue weighted by molar-refractivity contribution is 7.07. The lowest BCUT2D eigenvalue weighted by molar-refractivity contribution is 0.385. The van der Waals surface area contributed by atoms with Crippen LogP contribution in [0.5, 0.6) is 5.75 Å². The second-order valence-electron chi connectivity index (χ2n) is 4.17. The smallest absolute Gasteiger partial charge is 0.165 e. The highest BCUT2D eigenvalue weighted by Gasteiger charge is 2.10. The number of hydrogen-bond acceptors (Lipinski definition) is 3. The average molecular weight is 265 g/mol. The van der Waals surface area contributed by atoms with Crippen LogP contribution >= 0.6 is 11.3 Å². The summed E-state index contributed by atoms with van der Waals surface area (Å²) in [5, 5.41) is 4.18. The number of thiophene rings is 1. The van der Waals surface area contributed by atoms with Crippen LogP contribution in [0.25, 0.3) is 0 Å². The molecule has 1 heterocycles. The summed E-state index contributed by atoms with van der Waals surface area (Å²) in [5.41, 5.74) is 8.31. The normalized spacial score (nSPS) is 12.4. The van der Waals surface area contributed by atoms with E-state index >= 15 is 0 Å². The maximum atomic E-state index is 13.3. The van der Waals surface area contributed by atoms with E-state index < -0.39 is 0 Å². The zero-order valence-corrected chi connectivity index (χ0v) is 11.0. The number of aryl methyl sites for hydroxylation is 1. The van der Waals surface area contributed by atoms with Crippen LogP contribution < -0.4 is 10.5 Å². The third kappa shape index (κ3) is 3.09. The van der Waals surface area contributed by atoms with Crippen molar-refractivity contribution in [3.63, 3.8) is 0 Å². The summed E-state index contributed by atoms with van der Waals surface area (Å²) in [6.45, 7) is 0. The summed E-state index contributed by atoms with van der Waals surface area (Å²) in [6.07, 6.45) is 1.77. The first-order valence-electron chi connectivity index (χ1n) is 5.81. The van der Waals surface area contributed by atoms with Crippen LogP contribution in [-0.2, 0) is 6.42 Å². The third-order valence-electron chi connectivity index (χ3n) is 2.93. The Hall–Kier alpha value is -1.39. The molecular formula is C14H16FNOS. The highest BCUT2D eigenvalue weighted by atomic mass is 32.1. The van der Waals surface area contributed by atoms with Crippen molar-refractivity contribution in [2.24, 2.45) is 5.73 Å². The summed E-state index contributed by atoms with van der Waals surface area (Å²) in [4.78, 5) is 0. The van der Waals surface area contributed by atoms with Crippen molar-refractivity contribution in [3.8, 4) is 5.75 Å². The Morgan fingerprint density at radius 3 is 2.89 bits per heavy atom. The van der Waals surface area contributed by atoms with Gasteiger partial charge in [0.15, 0.2) is 11.6 Å². The van der Waals surface area contributed by atoms with Crippen molar-refractivity contribution in [1.82, 2.24) is 0 Å². The third-order valence-corrected chi connectivity index (χ3v) is 3.66. The van der Waals surface area contributed by atoms with Crippen LogP contribution in [-0.4, -0.2) is 7.11 Å². The quantitative estimate of drug-likeness (QED) is 0.897. The van der Waals surface area contributed by atoms with E-state index in [1.54, 1.807) is 23.5 Å². The second-order valence-corrected chi connectivity index (χ2v) is 4.95. The zero-order chi connectivity index (χ0) is 13.0. The molecule has 2 aromatic rings. The van der Waals surface area contributed by atoms with E-state index in [1.165, 1.54) is 18.7 Å². The number of nitrogens with two attached hydrogens (primary N) is 1. The van der Waals surface area contributed by atoms with Gasteiger partial charge >= 0.3 is 0 Å². The lowest BCUT2D eigenvalue weighted by Crippen LogP contribution is -2.11. The molecular weight excluding hydrogens is 249 g/mol. The largest absolute Gasteiger partial charge is 0.494 e. The van der Waals surface area contributed by atoms with Gasteiger partial charge in [0.1, 0.15) is 0 Å². The van der Waals surface area contributed by atoms with E-state index in [9.17, 15) is 4.39 Å². The first-order chi connectivity index (χ1) is 8.70. The van der Waals surface area contributed by atoms with Gasteiger partial charge in [-0.15, -0.1) is 0 Å². The molecule has 1 atom stereocenters. The molecule has 0 saturated heterocycles. The Morgan fingerprint density at radius 1 is 1.39 bits per heavy atom. The molecule has 0 bridgehead atoms. The molecule has 0 amide bonds. The maximum Gasteiger partial charge on any atom is 0.165 e. The minimum Gasteiger partial charge on any atom is -0.494 e. The molecule has 1 aromatic heterocycles. The van der Waals surface area contributed by atoms with Gasteiger partial charge in [0.25, 0.3) is 0 Å². The van der Waals surface area contributed by atoms with Crippen LogP contribution in [0.2, 0.25) is 0 Å². The van der Waals surface area contributed by atoms with Crippen LogP contribution in [0, 0.1) is 5.82 Å². The molecule has 0 spiro atoms. The molecule has 0 saturated carbocycles. The monoisotopic (exact) mass is 265 g/mol. The van der Waals surface area contributed by atoms with E-state index in [0.29, 0.717) is 0 Å². The van der Waals surface area contributed by atoms with E-state index in [2.05, 4.69) is 16.8 Å². The second kappa shape index (κ2) is 5.98. The number of methoxy groups -OCH3 is 1. The van der Waals surface area contributed by atoms with Gasteiger partial charge in [-0.3, -0.25) is 0 Å². The molecule has 0 fully saturated rings. The molecule has 1 aromatic carbocycles. The predicted octanol–water partition coefficient (Wildman–Crippen LogP) is 3.53. The fraction of sp³-hybridized carbons (Fsp3) is 0.286. The van der Waals surface area contributed by atoms with Gasteiger partial charge in [-0.05, 0) is 52.9 Å². The molecule has 0 aliphatic heterocycles. The number of halogens is 1. The molecule has 96 valence electrons. The van der Waals surface area contributed by atoms with Crippen molar-refractivity contribution >= 4 is 11.3 Å². The first kappa shape index (κ1) is 13.1. The summed E-state index contributed by atoms with van der Waals surface area (Å²) in [7, 11) is 1.46. The Labute approximate surface area is 110 Å². The van der Waals surface area contributed by atoms with Crippen molar-refractivity contribution in [2.75, 3.05) is 7.11 Å². The minimum atomic E-state index is -0.355. The van der Waals surface area contributed by atoms with Gasteiger partial charge in [0.2, 0.25) is 0 Å². The van der Waals surface area contributed by atoms with Gasteiger partial charge in [-0.25, -0.2) is 4.39 Å². The first-order valence-corrected chi connectivity index (χ1v) is 6.75. The molecule has 2 rings (SSSR count). The lowest BCUT2D eigenvalue weighted by Gasteiger charge is -2.13. The fourth-order valence-corrected chi connectivity index (χ4v) is 2.53. The van der Waals surface area contributed by atoms with Crippen LogP contribution in [0.4, 0.5) is 4.39 Å². The van der Waals surface area contributed by atoms with Crippen LogP contribution in [0.1, 0.15) is 23.6 Å². The van der Waals surface area contributed by atoms with Crippen LogP contribution in [0.15, 0.2) is 35.0 Å². The molecule has 2 N–H and O–H groups in total. The van der Waals surface area contributed by atoms with Crippen LogP contribution in [0.3, 0.4) is 0 Å². The summed E-state index contributed by atoms with van der Waals surface area (Å²) in [5.74, 6) is -0.107. The van der Waals surface area contributed by atoms with E-state index in [-0.39, 0.29) is 17.6 Å². The Bertz CT molecular complexity index is 499. The zero-order valence-electron chi connectivity index (χ0n) is 10.2. The van der Waals surface area contributed by atoms with Gasteiger partial charge in [-0.1, -0.05) is 6.07 Å². The maximum absolute atomic E-state index is 13.3. The highest BCUT2D eigenvalue weighted by Crippen LogP contribution is 2.24. The number of hydrogen-bond donors (Lipinski definition) is 1. The van der Waals surface area contributed by atoms with Gasteiger partial charge in [0.05, 0.1) is 7.11 Å².